The van der Waals surface area contributed by atoms with Crippen molar-refractivity contribution in [2.75, 3.05) is 63.8 Å². The van der Waals surface area contributed by atoms with E-state index in [1.165, 1.54) is 38.8 Å². The lowest BCUT2D eigenvalue weighted by Gasteiger charge is -2.40. The number of aryl methyl sites for hydroxylation is 1. The molecule has 5 rings (SSSR count). The van der Waals surface area contributed by atoms with E-state index in [2.05, 4.69) is 43.4 Å². The summed E-state index contributed by atoms with van der Waals surface area (Å²) in [6.07, 6.45) is 9.10. The first-order valence-electron chi connectivity index (χ1n) is 12.9. The van der Waals surface area contributed by atoms with Crippen LogP contribution in [0.4, 0.5) is 5.82 Å². The number of fused-ring (bicyclic) bond motifs is 1. The minimum absolute atomic E-state index is 0.186. The lowest BCUT2D eigenvalue weighted by atomic mass is 9.99. The van der Waals surface area contributed by atoms with Gasteiger partial charge in [0, 0.05) is 45.3 Å². The van der Waals surface area contributed by atoms with Gasteiger partial charge in [0.25, 0.3) is 5.91 Å². The Labute approximate surface area is 201 Å². The molecule has 33 heavy (non-hydrogen) atoms. The molecule has 0 spiro atoms. The lowest BCUT2D eigenvalue weighted by molar-refractivity contribution is 0.0593. The van der Waals surface area contributed by atoms with E-state index in [1.807, 2.05) is 0 Å². The van der Waals surface area contributed by atoms with E-state index in [4.69, 9.17) is 0 Å². The molecule has 2 aromatic rings. The van der Waals surface area contributed by atoms with Crippen LogP contribution in [0.15, 0.2) is 6.33 Å². The Balaban J connectivity index is 1.30. The van der Waals surface area contributed by atoms with Crippen molar-refractivity contribution in [3.63, 3.8) is 0 Å². The standard InChI is InChI=1S/C25H38N6OS/c1-3-9-28-14-16-30(17-15-28)23-21-19(2)22(33-24(21)27-18-26-23)25(32)31-12-7-20(8-13-31)29-10-5-4-6-11-29/h18,20H,3-17H2,1-2H3. The zero-order chi connectivity index (χ0) is 22.8. The molecule has 8 heteroatoms. The van der Waals surface area contributed by atoms with Gasteiger partial charge in [-0.25, -0.2) is 9.97 Å². The average Bonchev–Trinajstić information content (AvgIpc) is 3.21. The largest absolute Gasteiger partial charge is 0.353 e. The number of likely N-dealkylation sites (tertiary alicyclic amines) is 2. The molecule has 0 N–H and O–H groups in total. The molecule has 180 valence electrons. The first-order valence-corrected chi connectivity index (χ1v) is 13.7. The minimum Gasteiger partial charge on any atom is -0.353 e. The summed E-state index contributed by atoms with van der Waals surface area (Å²) in [5.74, 6) is 1.19. The van der Waals surface area contributed by atoms with Crippen LogP contribution in [-0.4, -0.2) is 95.5 Å². The fourth-order valence-electron chi connectivity index (χ4n) is 5.86. The molecule has 3 fully saturated rings. The summed E-state index contributed by atoms with van der Waals surface area (Å²) < 4.78 is 0. The van der Waals surface area contributed by atoms with Crippen molar-refractivity contribution in [1.82, 2.24) is 24.7 Å². The van der Waals surface area contributed by atoms with Gasteiger partial charge in [0.05, 0.1) is 10.3 Å². The van der Waals surface area contributed by atoms with Crippen molar-refractivity contribution in [2.45, 2.75) is 58.4 Å². The predicted molar refractivity (Wildman–Crippen MR) is 135 cm³/mol. The van der Waals surface area contributed by atoms with Crippen molar-refractivity contribution >= 4 is 33.3 Å². The van der Waals surface area contributed by atoms with Crippen LogP contribution in [0.5, 0.6) is 0 Å². The van der Waals surface area contributed by atoms with Gasteiger partial charge in [-0.15, -0.1) is 11.3 Å². The number of carbonyl (C=O) groups excluding carboxylic acids is 1. The molecule has 0 aromatic carbocycles. The van der Waals surface area contributed by atoms with Crippen LogP contribution in [0.2, 0.25) is 0 Å². The van der Waals surface area contributed by atoms with Gasteiger partial charge < -0.3 is 14.7 Å². The third kappa shape index (κ3) is 4.75. The van der Waals surface area contributed by atoms with Gasteiger partial charge >= 0.3 is 0 Å². The quantitative estimate of drug-likeness (QED) is 0.665. The zero-order valence-electron chi connectivity index (χ0n) is 20.3. The molecular formula is C25H38N6OS. The molecule has 2 aromatic heterocycles. The number of hydrogen-bond donors (Lipinski definition) is 0. The Morgan fingerprint density at radius 2 is 1.73 bits per heavy atom. The normalized spacial score (nSPS) is 21.8. The highest BCUT2D eigenvalue weighted by molar-refractivity contribution is 7.20. The molecule has 0 atom stereocenters. The highest BCUT2D eigenvalue weighted by atomic mass is 32.1. The molecule has 5 heterocycles. The summed E-state index contributed by atoms with van der Waals surface area (Å²) in [6, 6.07) is 0.654. The Hall–Kier alpha value is -1.77. The van der Waals surface area contributed by atoms with Crippen LogP contribution in [0, 0.1) is 6.92 Å². The Morgan fingerprint density at radius 3 is 2.42 bits per heavy atom. The Bertz CT molecular complexity index is 955. The van der Waals surface area contributed by atoms with Crippen molar-refractivity contribution in [1.29, 1.82) is 0 Å². The molecule has 1 amide bonds. The minimum atomic E-state index is 0.186. The summed E-state index contributed by atoms with van der Waals surface area (Å²) in [4.78, 5) is 34.2. The van der Waals surface area contributed by atoms with Crippen LogP contribution in [0.1, 0.15) is 60.7 Å². The third-order valence-corrected chi connectivity index (χ3v) is 8.96. The molecule has 3 saturated heterocycles. The third-order valence-electron chi connectivity index (χ3n) is 7.77. The van der Waals surface area contributed by atoms with Gasteiger partial charge in [0.1, 0.15) is 17.0 Å². The van der Waals surface area contributed by atoms with Gasteiger partial charge in [0.15, 0.2) is 0 Å². The molecular weight excluding hydrogens is 432 g/mol. The number of carbonyl (C=O) groups is 1. The number of nitrogens with zero attached hydrogens (tertiary/aromatic N) is 6. The molecule has 0 bridgehead atoms. The smallest absolute Gasteiger partial charge is 0.264 e. The number of rotatable bonds is 5. The van der Waals surface area contributed by atoms with E-state index < -0.39 is 0 Å². The van der Waals surface area contributed by atoms with E-state index >= 15 is 0 Å². The SMILES string of the molecule is CCCN1CCN(c2ncnc3sc(C(=O)N4CCC(N5CCCCC5)CC4)c(C)c23)CC1. The number of piperidine rings is 2. The highest BCUT2D eigenvalue weighted by Gasteiger charge is 2.31. The van der Waals surface area contributed by atoms with E-state index in [-0.39, 0.29) is 5.91 Å². The predicted octanol–water partition coefficient (Wildman–Crippen LogP) is 3.62. The molecule has 0 radical (unpaired) electrons. The van der Waals surface area contributed by atoms with Crippen LogP contribution in [0.25, 0.3) is 10.2 Å². The summed E-state index contributed by atoms with van der Waals surface area (Å²) >= 11 is 1.55. The van der Waals surface area contributed by atoms with Gasteiger partial charge in [-0.05, 0) is 64.2 Å². The fraction of sp³-hybridized carbons (Fsp3) is 0.720. The summed E-state index contributed by atoms with van der Waals surface area (Å²) in [6.45, 7) is 13.8. The Kier molecular flexibility index (Phi) is 7.13. The van der Waals surface area contributed by atoms with Crippen molar-refractivity contribution < 1.29 is 4.79 Å². The molecule has 7 nitrogen and oxygen atoms in total. The van der Waals surface area contributed by atoms with Gasteiger partial charge in [-0.1, -0.05) is 13.3 Å². The van der Waals surface area contributed by atoms with Gasteiger partial charge in [-0.3, -0.25) is 9.69 Å². The summed E-state index contributed by atoms with van der Waals surface area (Å²) in [5.41, 5.74) is 1.06. The molecule has 3 aliphatic heterocycles. The van der Waals surface area contributed by atoms with Crippen molar-refractivity contribution in [3.05, 3.63) is 16.8 Å². The number of thiophene rings is 1. The van der Waals surface area contributed by atoms with Crippen LogP contribution < -0.4 is 4.90 Å². The summed E-state index contributed by atoms with van der Waals surface area (Å²) in [7, 11) is 0. The second-order valence-corrected chi connectivity index (χ2v) is 10.9. The monoisotopic (exact) mass is 470 g/mol. The average molecular weight is 471 g/mol. The van der Waals surface area contributed by atoms with Gasteiger partial charge in [0.2, 0.25) is 0 Å². The fourth-order valence-corrected chi connectivity index (χ4v) is 6.97. The number of anilines is 1. The maximum Gasteiger partial charge on any atom is 0.264 e. The first kappa shape index (κ1) is 23.0. The van der Waals surface area contributed by atoms with E-state index in [0.717, 1.165) is 85.1 Å². The van der Waals surface area contributed by atoms with E-state index in [1.54, 1.807) is 17.7 Å². The van der Waals surface area contributed by atoms with Crippen LogP contribution in [0.3, 0.4) is 0 Å². The number of amides is 1. The molecule has 0 unspecified atom stereocenters. The van der Waals surface area contributed by atoms with Crippen molar-refractivity contribution in [2.24, 2.45) is 0 Å². The second kappa shape index (κ2) is 10.2. The molecule has 0 aliphatic carbocycles. The zero-order valence-corrected chi connectivity index (χ0v) is 21.1. The van der Waals surface area contributed by atoms with E-state index in [9.17, 15) is 4.79 Å². The van der Waals surface area contributed by atoms with E-state index in [0.29, 0.717) is 6.04 Å². The van der Waals surface area contributed by atoms with Crippen LogP contribution >= 0.6 is 11.3 Å². The molecule has 3 aliphatic rings. The topological polar surface area (TPSA) is 55.8 Å². The molecule has 0 saturated carbocycles. The first-order chi connectivity index (χ1) is 16.2. The maximum absolute atomic E-state index is 13.5. The number of piperazine rings is 1. The highest BCUT2D eigenvalue weighted by Crippen LogP contribution is 2.36. The maximum atomic E-state index is 13.5. The lowest BCUT2D eigenvalue weighted by Crippen LogP contribution is -2.48. The van der Waals surface area contributed by atoms with Gasteiger partial charge in [-0.2, -0.15) is 0 Å². The van der Waals surface area contributed by atoms with Crippen molar-refractivity contribution in [3.8, 4) is 0 Å². The van der Waals surface area contributed by atoms with Crippen LogP contribution in [-0.2, 0) is 0 Å². The number of hydrogen-bond acceptors (Lipinski definition) is 7. The summed E-state index contributed by atoms with van der Waals surface area (Å²) in [5, 5.41) is 1.08. The number of aromatic nitrogens is 2. The second-order valence-electron chi connectivity index (χ2n) is 9.88. The Morgan fingerprint density at radius 1 is 1.00 bits per heavy atom.